The van der Waals surface area contributed by atoms with Gasteiger partial charge in [0.15, 0.2) is 10.9 Å². The fraction of sp³-hybridized carbons (Fsp3) is 0.444. The highest BCUT2D eigenvalue weighted by Gasteiger charge is 2.32. The first-order valence-corrected chi connectivity index (χ1v) is 10.4. The number of carbonyl (C=O) groups excluding carboxylic acids is 1. The zero-order valence-electron chi connectivity index (χ0n) is 16.5. The van der Waals surface area contributed by atoms with Gasteiger partial charge in [0.25, 0.3) is 5.91 Å². The van der Waals surface area contributed by atoms with Crippen LogP contribution in [0.4, 0.5) is 5.69 Å². The Morgan fingerprint density at radius 2 is 2.21 bits per heavy atom. The van der Waals surface area contributed by atoms with Crippen LogP contribution in [0.2, 0.25) is 5.15 Å². The predicted molar refractivity (Wildman–Crippen MR) is 112 cm³/mol. The number of pyridine rings is 1. The first-order chi connectivity index (χ1) is 13.4. The van der Waals surface area contributed by atoms with Crippen LogP contribution in [0.1, 0.15) is 20.8 Å². The van der Waals surface area contributed by atoms with Crippen molar-refractivity contribution < 1.29 is 14.4 Å². The monoisotopic (exact) mass is 425 g/mol. The first-order valence-electron chi connectivity index (χ1n) is 8.69. The van der Waals surface area contributed by atoms with Gasteiger partial charge < -0.3 is 9.57 Å². The van der Waals surface area contributed by atoms with Crippen LogP contribution < -0.4 is 4.90 Å². The lowest BCUT2D eigenvalue weighted by atomic mass is 10.2. The zero-order chi connectivity index (χ0) is 20.7. The van der Waals surface area contributed by atoms with Crippen molar-refractivity contribution in [1.29, 1.82) is 0 Å². The van der Waals surface area contributed by atoms with Gasteiger partial charge in [0.2, 0.25) is 0 Å². The van der Waals surface area contributed by atoms with Gasteiger partial charge in [-0.1, -0.05) is 16.8 Å². The lowest BCUT2D eigenvalue weighted by Gasteiger charge is -2.29. The van der Waals surface area contributed by atoms with Gasteiger partial charge in [-0.2, -0.15) is 16.9 Å². The Morgan fingerprint density at radius 1 is 1.46 bits per heavy atom. The van der Waals surface area contributed by atoms with Crippen molar-refractivity contribution in [3.05, 3.63) is 35.9 Å². The highest BCUT2D eigenvalue weighted by Crippen LogP contribution is 2.29. The summed E-state index contributed by atoms with van der Waals surface area (Å²) < 4.78 is 7.25. The smallest absolute Gasteiger partial charge is 0.279 e. The second-order valence-electron chi connectivity index (χ2n) is 5.73. The summed E-state index contributed by atoms with van der Waals surface area (Å²) in [6.45, 7) is 5.93. The van der Waals surface area contributed by atoms with Crippen molar-refractivity contribution in [1.82, 2.24) is 14.8 Å². The van der Waals surface area contributed by atoms with Crippen molar-refractivity contribution in [2.75, 3.05) is 24.9 Å². The summed E-state index contributed by atoms with van der Waals surface area (Å²) in [4.78, 5) is 23.8. The molecule has 0 spiro atoms. The molecular weight excluding hydrogens is 402 g/mol. The van der Waals surface area contributed by atoms with Gasteiger partial charge in [-0.3, -0.25) is 14.7 Å². The number of ether oxygens (including phenoxy) is 1. The maximum atomic E-state index is 13.4. The molecule has 2 unspecified atom stereocenters. The maximum absolute atomic E-state index is 13.4. The summed E-state index contributed by atoms with van der Waals surface area (Å²) in [6, 6.07) is 3.63. The topological polar surface area (TPSA) is 81.8 Å². The van der Waals surface area contributed by atoms with E-state index in [0.29, 0.717) is 12.3 Å². The quantitative estimate of drug-likeness (QED) is 0.348. The van der Waals surface area contributed by atoms with Crippen LogP contribution in [0.25, 0.3) is 5.69 Å². The summed E-state index contributed by atoms with van der Waals surface area (Å²) in [5, 5.41) is 8.24. The minimum Gasteiger partial charge on any atom is -0.399 e. The first kappa shape index (κ1) is 22.2. The molecule has 2 rings (SSSR count). The predicted octanol–water partition coefficient (Wildman–Crippen LogP) is 3.39. The minimum atomic E-state index is -0.585. The summed E-state index contributed by atoms with van der Waals surface area (Å²) >= 11 is 7.88. The van der Waals surface area contributed by atoms with Crippen LogP contribution in [0.5, 0.6) is 0 Å². The summed E-state index contributed by atoms with van der Waals surface area (Å²) in [6.07, 6.45) is 6.30. The molecule has 0 aliphatic carbocycles. The van der Waals surface area contributed by atoms with Crippen molar-refractivity contribution >= 4 is 40.7 Å². The minimum absolute atomic E-state index is 0.164. The third-order valence-electron chi connectivity index (χ3n) is 3.96. The number of thioether (sulfide) groups is 1. The molecule has 0 fully saturated rings. The molecule has 28 heavy (non-hydrogen) atoms. The largest absolute Gasteiger partial charge is 0.399 e. The van der Waals surface area contributed by atoms with E-state index in [1.54, 1.807) is 36.3 Å². The number of nitrogens with zero attached hydrogens (tertiary/aromatic N) is 5. The molecule has 0 aromatic carbocycles. The number of anilines is 1. The van der Waals surface area contributed by atoms with E-state index in [0.717, 1.165) is 5.69 Å². The fourth-order valence-corrected chi connectivity index (χ4v) is 3.12. The van der Waals surface area contributed by atoms with Gasteiger partial charge in [-0.15, -0.1) is 0 Å². The standard InChI is InChI=1S/C18H24ClN5O3S/c1-6-27-13(3)24(18(25)16(22-26-4)12(2)28-5)15-11-23(21-17(15)19)14-8-7-9-20-10-14/h7-13H,6H2,1-5H3/b22-16-. The molecule has 2 heterocycles. The Morgan fingerprint density at radius 3 is 2.79 bits per heavy atom. The average molecular weight is 426 g/mol. The third-order valence-corrected chi connectivity index (χ3v) is 5.16. The van der Waals surface area contributed by atoms with E-state index in [1.807, 2.05) is 26.2 Å². The van der Waals surface area contributed by atoms with E-state index in [-0.39, 0.29) is 22.0 Å². The molecule has 8 nitrogen and oxygen atoms in total. The number of carbonyl (C=O) groups is 1. The normalized spacial score (nSPS) is 13.9. The molecule has 2 aromatic heterocycles. The van der Waals surface area contributed by atoms with E-state index in [4.69, 9.17) is 21.2 Å². The summed E-state index contributed by atoms with van der Waals surface area (Å²) in [5.74, 6) is -0.364. The van der Waals surface area contributed by atoms with Gasteiger partial charge in [-0.05, 0) is 39.2 Å². The Kier molecular flexibility index (Phi) is 8.28. The highest BCUT2D eigenvalue weighted by atomic mass is 35.5. The molecule has 0 aliphatic rings. The molecule has 0 bridgehead atoms. The Labute approximate surface area is 173 Å². The van der Waals surface area contributed by atoms with Crippen LogP contribution in [0.3, 0.4) is 0 Å². The van der Waals surface area contributed by atoms with E-state index >= 15 is 0 Å². The Bertz CT molecular complexity index is 815. The van der Waals surface area contributed by atoms with Crippen molar-refractivity contribution in [3.8, 4) is 5.69 Å². The molecule has 152 valence electrons. The maximum Gasteiger partial charge on any atom is 0.279 e. The van der Waals surface area contributed by atoms with E-state index < -0.39 is 6.23 Å². The number of hydrogen-bond acceptors (Lipinski definition) is 7. The molecule has 0 radical (unpaired) electrons. The summed E-state index contributed by atoms with van der Waals surface area (Å²) in [5.41, 5.74) is 1.38. The number of aromatic nitrogens is 3. The number of hydrogen-bond donors (Lipinski definition) is 0. The van der Waals surface area contributed by atoms with Gasteiger partial charge in [0, 0.05) is 12.8 Å². The fourth-order valence-electron chi connectivity index (χ4n) is 2.53. The van der Waals surface area contributed by atoms with Gasteiger partial charge in [0.05, 0.1) is 23.3 Å². The van der Waals surface area contributed by atoms with E-state index in [9.17, 15) is 4.79 Å². The van der Waals surface area contributed by atoms with Gasteiger partial charge >= 0.3 is 0 Å². The lowest BCUT2D eigenvalue weighted by molar-refractivity contribution is -0.115. The van der Waals surface area contributed by atoms with Crippen molar-refractivity contribution in [2.45, 2.75) is 32.2 Å². The molecule has 2 atom stereocenters. The molecule has 1 amide bonds. The second-order valence-corrected chi connectivity index (χ2v) is 7.26. The van der Waals surface area contributed by atoms with Crippen molar-refractivity contribution in [3.63, 3.8) is 0 Å². The lowest BCUT2D eigenvalue weighted by Crippen LogP contribution is -2.46. The van der Waals surface area contributed by atoms with E-state index in [2.05, 4.69) is 15.2 Å². The van der Waals surface area contributed by atoms with Gasteiger partial charge in [0.1, 0.15) is 19.0 Å². The Balaban J connectivity index is 2.51. The molecule has 2 aromatic rings. The van der Waals surface area contributed by atoms with Crippen LogP contribution in [0, 0.1) is 0 Å². The highest BCUT2D eigenvalue weighted by molar-refractivity contribution is 8.00. The van der Waals surface area contributed by atoms with Crippen LogP contribution >= 0.6 is 23.4 Å². The van der Waals surface area contributed by atoms with Crippen LogP contribution in [-0.2, 0) is 14.4 Å². The summed E-state index contributed by atoms with van der Waals surface area (Å²) in [7, 11) is 1.41. The number of rotatable bonds is 9. The Hall–Kier alpha value is -2.10. The average Bonchev–Trinajstić information content (AvgIpc) is 3.08. The van der Waals surface area contributed by atoms with Crippen LogP contribution in [-0.4, -0.2) is 57.8 Å². The SMILES string of the molecule is CCOC(C)N(C(=O)/C(=N\OC)C(C)SC)c1cn(-c2cccnc2)nc1Cl. The third kappa shape index (κ3) is 5.03. The molecular formula is C18H24ClN5O3S. The molecule has 10 heteroatoms. The molecule has 0 saturated carbocycles. The second kappa shape index (κ2) is 10.4. The molecule has 0 N–H and O–H groups in total. The van der Waals surface area contributed by atoms with Crippen LogP contribution in [0.15, 0.2) is 35.9 Å². The molecule has 0 aliphatic heterocycles. The zero-order valence-corrected chi connectivity index (χ0v) is 18.1. The number of halogens is 1. The number of amides is 1. The number of oxime groups is 1. The van der Waals surface area contributed by atoms with Gasteiger partial charge in [-0.25, -0.2) is 4.68 Å². The van der Waals surface area contributed by atoms with Crippen molar-refractivity contribution in [2.24, 2.45) is 5.16 Å². The van der Waals surface area contributed by atoms with E-state index in [1.165, 1.54) is 23.8 Å². The molecule has 0 saturated heterocycles.